The summed E-state index contributed by atoms with van der Waals surface area (Å²) in [4.78, 5) is 19.4. The van der Waals surface area contributed by atoms with Crippen molar-refractivity contribution in [3.8, 4) is 0 Å². The van der Waals surface area contributed by atoms with E-state index in [-0.39, 0.29) is 5.91 Å². The molecule has 0 spiro atoms. The topological polar surface area (TPSA) is 33.2 Å². The van der Waals surface area contributed by atoms with E-state index in [9.17, 15) is 4.79 Å². The maximum absolute atomic E-state index is 13.5. The summed E-state index contributed by atoms with van der Waals surface area (Å²) in [7, 11) is 1.90. The molecule has 1 heterocycles. The Bertz CT molecular complexity index is 849. The predicted molar refractivity (Wildman–Crippen MR) is 110 cm³/mol. The number of rotatable bonds is 7. The van der Waals surface area contributed by atoms with Crippen LogP contribution in [0, 0.1) is 0 Å². The Kier molecular flexibility index (Phi) is 6.02. The van der Waals surface area contributed by atoms with Crippen molar-refractivity contribution in [1.82, 2.24) is 9.88 Å². The van der Waals surface area contributed by atoms with Crippen molar-refractivity contribution in [1.29, 1.82) is 0 Å². The second-order valence-corrected chi connectivity index (χ2v) is 7.19. The molecule has 0 saturated carbocycles. The molecule has 0 bridgehead atoms. The van der Waals surface area contributed by atoms with Crippen LogP contribution in [-0.4, -0.2) is 29.4 Å². The highest BCUT2D eigenvalue weighted by molar-refractivity contribution is 5.88. The summed E-state index contributed by atoms with van der Waals surface area (Å²) in [5.74, 6) is 0.145. The molecule has 27 heavy (non-hydrogen) atoms. The largest absolute Gasteiger partial charge is 0.345 e. The molecular formula is C24H26N2O. The number of amides is 1. The van der Waals surface area contributed by atoms with Gasteiger partial charge in [0, 0.05) is 26.0 Å². The zero-order chi connectivity index (χ0) is 19.1. The number of hydrogen-bond acceptors (Lipinski definition) is 2. The van der Waals surface area contributed by atoms with Gasteiger partial charge in [-0.1, -0.05) is 60.7 Å². The zero-order valence-electron chi connectivity index (χ0n) is 16.0. The highest BCUT2D eigenvalue weighted by Gasteiger charge is 2.37. The third-order valence-electron chi connectivity index (χ3n) is 5.12. The van der Waals surface area contributed by atoms with Crippen LogP contribution in [0.2, 0.25) is 0 Å². The van der Waals surface area contributed by atoms with Crippen LogP contribution in [0.25, 0.3) is 0 Å². The molecule has 0 aliphatic rings. The Morgan fingerprint density at radius 3 is 2.11 bits per heavy atom. The number of hydrogen-bond donors (Lipinski definition) is 0. The second-order valence-electron chi connectivity index (χ2n) is 7.19. The van der Waals surface area contributed by atoms with Crippen molar-refractivity contribution in [3.63, 3.8) is 0 Å². The quantitative estimate of drug-likeness (QED) is 0.631. The van der Waals surface area contributed by atoms with Crippen molar-refractivity contribution in [2.45, 2.75) is 25.2 Å². The average Bonchev–Trinajstić information content (AvgIpc) is 2.73. The van der Waals surface area contributed by atoms with E-state index < -0.39 is 5.41 Å². The number of pyridine rings is 1. The SMILES string of the molecule is CN(CCc1ccncc1)C(=O)C(C)(Cc1ccccc1)c1ccccc1. The lowest BCUT2D eigenvalue weighted by Gasteiger charge is -2.33. The van der Waals surface area contributed by atoms with E-state index in [0.29, 0.717) is 13.0 Å². The molecule has 0 fully saturated rings. The maximum Gasteiger partial charge on any atom is 0.233 e. The van der Waals surface area contributed by atoms with Crippen LogP contribution in [0.3, 0.4) is 0 Å². The standard InChI is InChI=1S/C24H26N2O/c1-24(22-11-7-4-8-12-22,19-21-9-5-3-6-10-21)23(27)26(2)18-15-20-13-16-25-17-14-20/h3-14,16-17H,15,18-19H2,1-2H3. The van der Waals surface area contributed by atoms with Gasteiger partial charge >= 0.3 is 0 Å². The minimum atomic E-state index is -0.602. The first-order valence-corrected chi connectivity index (χ1v) is 9.33. The number of aromatic nitrogens is 1. The van der Waals surface area contributed by atoms with Gasteiger partial charge in [0.05, 0.1) is 5.41 Å². The molecular weight excluding hydrogens is 332 g/mol. The number of likely N-dealkylation sites (N-methyl/N-ethyl adjacent to an activating group) is 1. The summed E-state index contributed by atoms with van der Waals surface area (Å²) >= 11 is 0. The fourth-order valence-corrected chi connectivity index (χ4v) is 3.48. The van der Waals surface area contributed by atoms with Gasteiger partial charge in [0.25, 0.3) is 0 Å². The van der Waals surface area contributed by atoms with E-state index in [4.69, 9.17) is 0 Å². The first-order valence-electron chi connectivity index (χ1n) is 9.33. The normalized spacial score (nSPS) is 13.0. The molecule has 1 atom stereocenters. The molecule has 0 N–H and O–H groups in total. The van der Waals surface area contributed by atoms with Gasteiger partial charge in [-0.3, -0.25) is 9.78 Å². The van der Waals surface area contributed by atoms with Crippen molar-refractivity contribution in [2.75, 3.05) is 13.6 Å². The maximum atomic E-state index is 13.5. The Morgan fingerprint density at radius 1 is 0.889 bits per heavy atom. The summed E-state index contributed by atoms with van der Waals surface area (Å²) in [6.45, 7) is 2.74. The smallest absolute Gasteiger partial charge is 0.233 e. The summed E-state index contributed by atoms with van der Waals surface area (Å²) in [5.41, 5.74) is 2.80. The van der Waals surface area contributed by atoms with Crippen LogP contribution < -0.4 is 0 Å². The molecule has 3 nitrogen and oxygen atoms in total. The van der Waals surface area contributed by atoms with Gasteiger partial charge in [-0.15, -0.1) is 0 Å². The van der Waals surface area contributed by atoms with Gasteiger partial charge in [-0.2, -0.15) is 0 Å². The first-order chi connectivity index (χ1) is 13.1. The molecule has 138 valence electrons. The van der Waals surface area contributed by atoms with E-state index in [1.165, 1.54) is 11.1 Å². The summed E-state index contributed by atoms with van der Waals surface area (Å²) in [6, 6.07) is 24.3. The molecule has 0 aliphatic carbocycles. The molecule has 3 heteroatoms. The molecule has 1 aromatic heterocycles. The third-order valence-corrected chi connectivity index (χ3v) is 5.12. The Hall–Kier alpha value is -2.94. The minimum absolute atomic E-state index is 0.145. The van der Waals surface area contributed by atoms with Crippen molar-refractivity contribution >= 4 is 5.91 Å². The zero-order valence-corrected chi connectivity index (χ0v) is 16.0. The first kappa shape index (κ1) is 18.8. The van der Waals surface area contributed by atoms with Crippen LogP contribution in [0.4, 0.5) is 0 Å². The minimum Gasteiger partial charge on any atom is -0.345 e. The summed E-state index contributed by atoms with van der Waals surface area (Å²) in [6.07, 6.45) is 5.08. The van der Waals surface area contributed by atoms with E-state index in [0.717, 1.165) is 12.0 Å². The molecule has 0 aliphatic heterocycles. The molecule has 2 aromatic carbocycles. The van der Waals surface area contributed by atoms with Crippen LogP contribution in [0.5, 0.6) is 0 Å². The van der Waals surface area contributed by atoms with Crippen molar-refractivity contribution < 1.29 is 4.79 Å². The second kappa shape index (κ2) is 8.63. The lowest BCUT2D eigenvalue weighted by molar-refractivity contribution is -0.135. The number of nitrogens with zero attached hydrogens (tertiary/aromatic N) is 2. The highest BCUT2D eigenvalue weighted by Crippen LogP contribution is 2.30. The highest BCUT2D eigenvalue weighted by atomic mass is 16.2. The Morgan fingerprint density at radius 2 is 1.48 bits per heavy atom. The predicted octanol–water partition coefficient (Wildman–Crippen LogP) is 4.28. The summed E-state index contributed by atoms with van der Waals surface area (Å²) in [5, 5.41) is 0. The van der Waals surface area contributed by atoms with E-state index >= 15 is 0 Å². The number of carbonyl (C=O) groups excluding carboxylic acids is 1. The molecule has 0 saturated heterocycles. The molecule has 0 radical (unpaired) electrons. The lowest BCUT2D eigenvalue weighted by atomic mass is 9.76. The van der Waals surface area contributed by atoms with Crippen LogP contribution >= 0.6 is 0 Å². The van der Waals surface area contributed by atoms with Crippen molar-refractivity contribution in [3.05, 3.63) is 102 Å². The number of benzene rings is 2. The molecule has 1 unspecified atom stereocenters. The van der Waals surface area contributed by atoms with Gasteiger partial charge in [-0.05, 0) is 48.6 Å². The fourth-order valence-electron chi connectivity index (χ4n) is 3.48. The Balaban J connectivity index is 1.82. The molecule has 3 aromatic rings. The molecule has 3 rings (SSSR count). The lowest BCUT2D eigenvalue weighted by Crippen LogP contribution is -2.45. The van der Waals surface area contributed by atoms with Gasteiger partial charge < -0.3 is 4.90 Å². The van der Waals surface area contributed by atoms with Crippen LogP contribution in [-0.2, 0) is 23.1 Å². The summed E-state index contributed by atoms with van der Waals surface area (Å²) < 4.78 is 0. The monoisotopic (exact) mass is 358 g/mol. The third kappa shape index (κ3) is 4.62. The van der Waals surface area contributed by atoms with Crippen molar-refractivity contribution in [2.24, 2.45) is 0 Å². The van der Waals surface area contributed by atoms with Gasteiger partial charge in [0.15, 0.2) is 0 Å². The average molecular weight is 358 g/mol. The van der Waals surface area contributed by atoms with Gasteiger partial charge in [0.1, 0.15) is 0 Å². The molecule has 1 amide bonds. The van der Waals surface area contributed by atoms with Crippen LogP contribution in [0.15, 0.2) is 85.2 Å². The van der Waals surface area contributed by atoms with Gasteiger partial charge in [-0.25, -0.2) is 0 Å². The Labute approximate surface area is 161 Å². The fraction of sp³-hybridized carbons (Fsp3) is 0.250. The van der Waals surface area contributed by atoms with Crippen LogP contribution in [0.1, 0.15) is 23.6 Å². The van der Waals surface area contributed by atoms with E-state index in [1.807, 2.05) is 60.5 Å². The van der Waals surface area contributed by atoms with Gasteiger partial charge in [0.2, 0.25) is 5.91 Å². The van der Waals surface area contributed by atoms with E-state index in [2.05, 4.69) is 36.2 Å². The van der Waals surface area contributed by atoms with E-state index in [1.54, 1.807) is 12.4 Å². The number of carbonyl (C=O) groups is 1.